The van der Waals surface area contributed by atoms with Crippen LogP contribution in [0, 0.1) is 11.7 Å². The van der Waals surface area contributed by atoms with Gasteiger partial charge in [0.15, 0.2) is 11.5 Å². The fourth-order valence-corrected chi connectivity index (χ4v) is 3.82. The summed E-state index contributed by atoms with van der Waals surface area (Å²) in [5.41, 5.74) is 6.49. The molecule has 0 radical (unpaired) electrons. The molecule has 0 aromatic heterocycles. The number of hydrogen-bond donors (Lipinski definition) is 1. The van der Waals surface area contributed by atoms with Crippen molar-refractivity contribution in [1.29, 1.82) is 0 Å². The molecule has 5 nitrogen and oxygen atoms in total. The van der Waals surface area contributed by atoms with E-state index in [0.29, 0.717) is 47.4 Å². The maximum Gasteiger partial charge on any atom is 0.220 e. The summed E-state index contributed by atoms with van der Waals surface area (Å²) in [6, 6.07) is 9.87. The van der Waals surface area contributed by atoms with E-state index in [0.717, 1.165) is 5.56 Å². The van der Waals surface area contributed by atoms with Crippen LogP contribution >= 0.6 is 23.8 Å². The van der Waals surface area contributed by atoms with Gasteiger partial charge in [-0.15, -0.1) is 0 Å². The fourth-order valence-electron chi connectivity index (χ4n) is 3.29. The minimum atomic E-state index is -0.423. The first-order chi connectivity index (χ1) is 13.9. The van der Waals surface area contributed by atoms with Crippen molar-refractivity contribution in [1.82, 2.24) is 4.90 Å². The van der Waals surface area contributed by atoms with Crippen LogP contribution in [0.25, 0.3) is 0 Å². The van der Waals surface area contributed by atoms with Gasteiger partial charge in [0.1, 0.15) is 17.4 Å². The number of ether oxygens (including phenoxy) is 2. The highest BCUT2D eigenvalue weighted by molar-refractivity contribution is 7.80. The van der Waals surface area contributed by atoms with E-state index in [4.69, 9.17) is 39.0 Å². The summed E-state index contributed by atoms with van der Waals surface area (Å²) in [7, 11) is 1.53. The first kappa shape index (κ1) is 21.3. The second-order valence-corrected chi connectivity index (χ2v) is 7.62. The third-order valence-corrected chi connectivity index (χ3v) is 5.88. The maximum absolute atomic E-state index is 13.9. The molecule has 2 aromatic carbocycles. The molecule has 1 heterocycles. The highest BCUT2D eigenvalue weighted by Crippen LogP contribution is 2.31. The molecule has 0 saturated carbocycles. The van der Waals surface area contributed by atoms with Crippen LogP contribution in [-0.4, -0.2) is 36.0 Å². The van der Waals surface area contributed by atoms with Gasteiger partial charge in [0.05, 0.1) is 12.1 Å². The summed E-state index contributed by atoms with van der Waals surface area (Å²) >= 11 is 11.7. The smallest absolute Gasteiger partial charge is 0.220 e. The van der Waals surface area contributed by atoms with Crippen LogP contribution in [0.15, 0.2) is 36.4 Å². The molecule has 1 aliphatic heterocycles. The summed E-state index contributed by atoms with van der Waals surface area (Å²) in [6.45, 7) is 1.34. The fraction of sp³-hybridized carbons (Fsp3) is 0.333. The van der Waals surface area contributed by atoms with Crippen LogP contribution < -0.4 is 15.2 Å². The Morgan fingerprint density at radius 1 is 1.28 bits per heavy atom. The Morgan fingerprint density at radius 3 is 2.62 bits per heavy atom. The van der Waals surface area contributed by atoms with Crippen LogP contribution in [0.4, 0.5) is 4.39 Å². The molecule has 0 atom stereocenters. The first-order valence-electron chi connectivity index (χ1n) is 9.23. The number of carbonyl (C=O) groups excluding carboxylic acids is 1. The summed E-state index contributed by atoms with van der Waals surface area (Å²) in [5, 5.41) is 0.307. The Kier molecular flexibility index (Phi) is 6.92. The third kappa shape index (κ3) is 4.97. The van der Waals surface area contributed by atoms with E-state index in [1.165, 1.54) is 13.2 Å². The second kappa shape index (κ2) is 9.41. The molecule has 1 saturated heterocycles. The Labute approximate surface area is 179 Å². The lowest BCUT2D eigenvalue weighted by Crippen LogP contribution is -2.41. The number of piperidine rings is 1. The lowest BCUT2D eigenvalue weighted by Gasteiger charge is -2.32. The molecule has 1 amide bonds. The van der Waals surface area contributed by atoms with Crippen molar-refractivity contribution in [3.05, 3.63) is 58.4 Å². The van der Waals surface area contributed by atoms with Crippen molar-refractivity contribution >= 4 is 34.7 Å². The average molecular weight is 437 g/mol. The van der Waals surface area contributed by atoms with Gasteiger partial charge < -0.3 is 20.1 Å². The summed E-state index contributed by atoms with van der Waals surface area (Å²) < 4.78 is 25.1. The number of primary amides is 1. The van der Waals surface area contributed by atoms with E-state index in [1.54, 1.807) is 24.3 Å². The average Bonchev–Trinajstić information content (AvgIpc) is 2.73. The van der Waals surface area contributed by atoms with Gasteiger partial charge >= 0.3 is 0 Å². The van der Waals surface area contributed by atoms with Crippen LogP contribution in [0.3, 0.4) is 0 Å². The molecule has 2 N–H and O–H groups in total. The first-order valence-corrected chi connectivity index (χ1v) is 10.0. The van der Waals surface area contributed by atoms with E-state index in [1.807, 2.05) is 6.07 Å². The predicted molar refractivity (Wildman–Crippen MR) is 114 cm³/mol. The number of nitrogens with zero attached hydrogens (tertiary/aromatic N) is 1. The second-order valence-electron chi connectivity index (χ2n) is 6.82. The number of methoxy groups -OCH3 is 1. The van der Waals surface area contributed by atoms with E-state index >= 15 is 0 Å². The molecule has 1 aliphatic rings. The summed E-state index contributed by atoms with van der Waals surface area (Å²) in [6.07, 6.45) is 1.38. The lowest BCUT2D eigenvalue weighted by atomic mass is 9.96. The van der Waals surface area contributed by atoms with Crippen LogP contribution in [-0.2, 0) is 11.4 Å². The summed E-state index contributed by atoms with van der Waals surface area (Å²) in [5.74, 6) is 0.182. The molecule has 1 fully saturated rings. The molecule has 3 rings (SSSR count). The van der Waals surface area contributed by atoms with E-state index in [-0.39, 0.29) is 24.0 Å². The van der Waals surface area contributed by atoms with Crippen LogP contribution in [0.2, 0.25) is 5.02 Å². The van der Waals surface area contributed by atoms with Crippen molar-refractivity contribution in [2.75, 3.05) is 20.2 Å². The van der Waals surface area contributed by atoms with E-state index in [9.17, 15) is 9.18 Å². The summed E-state index contributed by atoms with van der Waals surface area (Å²) in [4.78, 5) is 14.1. The van der Waals surface area contributed by atoms with Crippen molar-refractivity contribution in [3.63, 3.8) is 0 Å². The quantitative estimate of drug-likeness (QED) is 0.695. The van der Waals surface area contributed by atoms with Crippen molar-refractivity contribution < 1.29 is 18.7 Å². The van der Waals surface area contributed by atoms with Crippen LogP contribution in [0.1, 0.15) is 24.0 Å². The number of carbonyl (C=O) groups is 1. The standard InChI is InChI=1S/C21H22ClFN2O3S/c1-27-19-11-14(21(29)25-9-7-13(8-10-25)20(24)26)5-6-18(19)28-12-15-16(22)3-2-4-17(15)23/h2-6,11,13H,7-10,12H2,1H3,(H2,24,26). The molecule has 0 aliphatic carbocycles. The molecule has 29 heavy (non-hydrogen) atoms. The number of rotatable bonds is 6. The number of hydrogen-bond acceptors (Lipinski definition) is 4. The van der Waals surface area contributed by atoms with Crippen molar-refractivity contribution in [2.24, 2.45) is 11.7 Å². The van der Waals surface area contributed by atoms with Gasteiger partial charge in [0.25, 0.3) is 0 Å². The normalized spacial score (nSPS) is 14.5. The van der Waals surface area contributed by atoms with Crippen molar-refractivity contribution in [3.8, 4) is 11.5 Å². The van der Waals surface area contributed by atoms with Gasteiger partial charge in [0, 0.05) is 30.1 Å². The predicted octanol–water partition coefficient (Wildman–Crippen LogP) is 3.94. The largest absolute Gasteiger partial charge is 0.493 e. The molecule has 8 heteroatoms. The Morgan fingerprint density at radius 2 is 2.00 bits per heavy atom. The minimum Gasteiger partial charge on any atom is -0.493 e. The van der Waals surface area contributed by atoms with Gasteiger partial charge in [-0.3, -0.25) is 4.79 Å². The van der Waals surface area contributed by atoms with Gasteiger partial charge in [-0.05, 0) is 43.2 Å². The minimum absolute atomic E-state index is 0.0215. The zero-order chi connectivity index (χ0) is 21.0. The molecule has 154 valence electrons. The van der Waals surface area contributed by atoms with Gasteiger partial charge in [-0.25, -0.2) is 4.39 Å². The third-order valence-electron chi connectivity index (χ3n) is 5.03. The molecular formula is C21H22ClFN2O3S. The number of halogens is 2. The maximum atomic E-state index is 13.9. The van der Waals surface area contributed by atoms with Gasteiger partial charge in [-0.1, -0.05) is 29.9 Å². The Hall–Kier alpha value is -2.38. The number of amides is 1. The molecule has 2 aromatic rings. The van der Waals surface area contributed by atoms with E-state index in [2.05, 4.69) is 4.90 Å². The van der Waals surface area contributed by atoms with E-state index < -0.39 is 5.82 Å². The Balaban J connectivity index is 1.70. The highest BCUT2D eigenvalue weighted by atomic mass is 35.5. The van der Waals surface area contributed by atoms with Crippen LogP contribution in [0.5, 0.6) is 11.5 Å². The molecule has 0 spiro atoms. The zero-order valence-corrected chi connectivity index (χ0v) is 17.6. The molecular weight excluding hydrogens is 415 g/mol. The Bertz CT molecular complexity index is 897. The number of nitrogens with two attached hydrogens (primary N) is 1. The zero-order valence-electron chi connectivity index (χ0n) is 16.0. The molecule has 0 unspecified atom stereocenters. The number of likely N-dealkylation sites (tertiary alicyclic amines) is 1. The SMILES string of the molecule is COc1cc(C(=S)N2CCC(C(N)=O)CC2)ccc1OCc1c(F)cccc1Cl. The van der Waals surface area contributed by atoms with Crippen molar-refractivity contribution in [2.45, 2.75) is 19.4 Å². The van der Waals surface area contributed by atoms with Gasteiger partial charge in [0.2, 0.25) is 5.91 Å². The lowest BCUT2D eigenvalue weighted by molar-refractivity contribution is -0.122. The number of benzene rings is 2. The van der Waals surface area contributed by atoms with Gasteiger partial charge in [-0.2, -0.15) is 0 Å². The monoisotopic (exact) mass is 436 g/mol. The topological polar surface area (TPSA) is 64.8 Å². The highest BCUT2D eigenvalue weighted by Gasteiger charge is 2.25. The number of thiocarbonyl (C=S) groups is 1. The molecule has 0 bridgehead atoms.